The monoisotopic (exact) mass is 354 g/mol. The Morgan fingerprint density at radius 2 is 1.38 bits per heavy atom. The Kier molecular flexibility index (Phi) is 5.93. The Bertz CT molecular complexity index is 918. The van der Waals surface area contributed by atoms with Crippen molar-refractivity contribution < 1.29 is 23.9 Å². The van der Waals surface area contributed by atoms with Crippen LogP contribution in [0.15, 0.2) is 35.9 Å². The maximum Gasteiger partial charge on any atom is 0.308 e. The highest BCUT2D eigenvalue weighted by atomic mass is 16.6. The molecule has 0 saturated carbocycles. The second kappa shape index (κ2) is 7.95. The minimum absolute atomic E-state index is 0.00365. The van der Waals surface area contributed by atoms with E-state index in [1.807, 2.05) is 32.1 Å². The maximum atomic E-state index is 12.4. The fourth-order valence-electron chi connectivity index (χ4n) is 2.83. The smallest absolute Gasteiger partial charge is 0.308 e. The van der Waals surface area contributed by atoms with Gasteiger partial charge in [-0.3, -0.25) is 14.4 Å². The van der Waals surface area contributed by atoms with Crippen LogP contribution in [0.3, 0.4) is 0 Å². The first-order valence-corrected chi connectivity index (χ1v) is 8.31. The number of allylic oxidation sites excluding steroid dienone is 2. The van der Waals surface area contributed by atoms with Crippen molar-refractivity contribution in [1.29, 1.82) is 0 Å². The fourth-order valence-corrected chi connectivity index (χ4v) is 2.83. The number of ether oxygens (including phenoxy) is 2. The summed E-state index contributed by atoms with van der Waals surface area (Å²) < 4.78 is 10.7. The second-order valence-electron chi connectivity index (χ2n) is 6.29. The van der Waals surface area contributed by atoms with Gasteiger partial charge in [0.15, 0.2) is 17.3 Å². The summed E-state index contributed by atoms with van der Waals surface area (Å²) in [6.45, 7) is 7.84. The van der Waals surface area contributed by atoms with Crippen LogP contribution in [0.5, 0.6) is 11.5 Å². The molecule has 0 N–H and O–H groups in total. The van der Waals surface area contributed by atoms with Crippen LogP contribution < -0.4 is 9.47 Å². The summed E-state index contributed by atoms with van der Waals surface area (Å²) in [5.74, 6) is -1.33. The van der Waals surface area contributed by atoms with Crippen LogP contribution >= 0.6 is 0 Å². The molecule has 5 nitrogen and oxygen atoms in total. The lowest BCUT2D eigenvalue weighted by atomic mass is 9.92. The molecule has 0 bridgehead atoms. The molecule has 0 saturated heterocycles. The summed E-state index contributed by atoms with van der Waals surface area (Å²) in [7, 11) is 0. The molecule has 0 amide bonds. The highest BCUT2D eigenvalue weighted by Crippen LogP contribution is 2.43. The van der Waals surface area contributed by atoms with E-state index >= 15 is 0 Å². The van der Waals surface area contributed by atoms with Gasteiger partial charge in [-0.15, -0.1) is 0 Å². The number of benzene rings is 2. The molecule has 0 spiro atoms. The SMILES string of the molecule is CC(=O)Oc1c(C(C)=O)c(CC=C(C)C)c2ccccc2c1OC(C)=O. The van der Waals surface area contributed by atoms with Crippen LogP contribution in [0, 0.1) is 0 Å². The highest BCUT2D eigenvalue weighted by molar-refractivity contribution is 6.08. The van der Waals surface area contributed by atoms with Crippen LogP contribution in [0.1, 0.15) is 50.5 Å². The van der Waals surface area contributed by atoms with Gasteiger partial charge in [-0.05, 0) is 38.1 Å². The minimum atomic E-state index is -0.593. The Morgan fingerprint density at radius 1 is 0.846 bits per heavy atom. The number of fused-ring (bicyclic) bond motifs is 1. The lowest BCUT2D eigenvalue weighted by molar-refractivity contribution is -0.134. The van der Waals surface area contributed by atoms with Crippen molar-refractivity contribution in [2.75, 3.05) is 0 Å². The van der Waals surface area contributed by atoms with Gasteiger partial charge in [-0.25, -0.2) is 0 Å². The number of ketones is 1. The molecule has 2 aromatic carbocycles. The van der Waals surface area contributed by atoms with Gasteiger partial charge in [0.25, 0.3) is 0 Å². The number of hydrogen-bond acceptors (Lipinski definition) is 5. The fraction of sp³-hybridized carbons (Fsp3) is 0.286. The molecule has 136 valence electrons. The molecular formula is C21H22O5. The third-order valence-corrected chi connectivity index (χ3v) is 3.79. The van der Waals surface area contributed by atoms with Gasteiger partial charge >= 0.3 is 11.9 Å². The molecular weight excluding hydrogens is 332 g/mol. The third-order valence-electron chi connectivity index (χ3n) is 3.79. The Morgan fingerprint density at radius 3 is 1.88 bits per heavy atom. The summed E-state index contributed by atoms with van der Waals surface area (Å²) >= 11 is 0. The molecule has 0 aromatic heterocycles. The standard InChI is InChI=1S/C21H22O5/c1-12(2)10-11-17-16-8-6-7-9-18(16)20(25-14(4)23)21(26-15(5)24)19(17)13(3)22/h6-10H,11H2,1-5H3. The van der Waals surface area contributed by atoms with E-state index in [4.69, 9.17) is 9.47 Å². The predicted octanol–water partition coefficient (Wildman–Crippen LogP) is 4.40. The van der Waals surface area contributed by atoms with E-state index in [0.29, 0.717) is 11.8 Å². The second-order valence-corrected chi connectivity index (χ2v) is 6.29. The van der Waals surface area contributed by atoms with Crippen molar-refractivity contribution in [3.63, 3.8) is 0 Å². The van der Waals surface area contributed by atoms with Crippen molar-refractivity contribution in [2.45, 2.75) is 41.0 Å². The van der Waals surface area contributed by atoms with E-state index in [2.05, 4.69) is 0 Å². The van der Waals surface area contributed by atoms with E-state index in [1.165, 1.54) is 20.8 Å². The van der Waals surface area contributed by atoms with Crippen molar-refractivity contribution >= 4 is 28.5 Å². The van der Waals surface area contributed by atoms with Crippen LogP contribution in [0.4, 0.5) is 0 Å². The zero-order valence-corrected chi connectivity index (χ0v) is 15.6. The molecule has 0 aliphatic carbocycles. The molecule has 0 fully saturated rings. The number of esters is 2. The Labute approximate surface area is 152 Å². The van der Waals surface area contributed by atoms with Gasteiger partial charge < -0.3 is 9.47 Å². The number of carbonyl (C=O) groups is 3. The van der Waals surface area contributed by atoms with Gasteiger partial charge in [-0.1, -0.05) is 35.9 Å². The third kappa shape index (κ3) is 4.17. The molecule has 0 radical (unpaired) electrons. The molecule has 2 rings (SSSR count). The summed E-state index contributed by atoms with van der Waals surface area (Å²) in [5, 5.41) is 1.39. The summed E-state index contributed by atoms with van der Waals surface area (Å²) in [6.07, 6.45) is 2.49. The Hall–Kier alpha value is -2.95. The van der Waals surface area contributed by atoms with Crippen molar-refractivity contribution in [3.8, 4) is 11.5 Å². The van der Waals surface area contributed by atoms with Crippen LogP contribution in [0.2, 0.25) is 0 Å². The average Bonchev–Trinajstić information content (AvgIpc) is 2.53. The summed E-state index contributed by atoms with van der Waals surface area (Å²) in [4.78, 5) is 35.7. The first-order valence-electron chi connectivity index (χ1n) is 8.31. The topological polar surface area (TPSA) is 69.7 Å². The summed E-state index contributed by atoms with van der Waals surface area (Å²) in [5.41, 5.74) is 2.09. The van der Waals surface area contributed by atoms with Gasteiger partial charge in [0.05, 0.1) is 5.56 Å². The zero-order chi connectivity index (χ0) is 19.4. The Balaban J connectivity index is 2.97. The molecule has 0 atom stereocenters. The number of carbonyl (C=O) groups excluding carboxylic acids is 3. The van der Waals surface area contributed by atoms with E-state index in [9.17, 15) is 14.4 Å². The lowest BCUT2D eigenvalue weighted by Gasteiger charge is -2.19. The van der Waals surface area contributed by atoms with Gasteiger partial charge in [0.2, 0.25) is 0 Å². The van der Waals surface area contributed by atoms with Crippen molar-refractivity contribution in [3.05, 3.63) is 47.0 Å². The van der Waals surface area contributed by atoms with E-state index < -0.39 is 11.9 Å². The number of rotatable bonds is 5. The molecule has 26 heavy (non-hydrogen) atoms. The van der Waals surface area contributed by atoms with E-state index in [1.54, 1.807) is 12.1 Å². The predicted molar refractivity (Wildman–Crippen MR) is 99.7 cm³/mol. The first kappa shape index (κ1) is 19.4. The largest absolute Gasteiger partial charge is 0.422 e. The quantitative estimate of drug-likeness (QED) is 0.344. The van der Waals surface area contributed by atoms with Gasteiger partial charge in [-0.2, -0.15) is 0 Å². The zero-order valence-electron chi connectivity index (χ0n) is 15.6. The van der Waals surface area contributed by atoms with Crippen molar-refractivity contribution in [1.82, 2.24) is 0 Å². The minimum Gasteiger partial charge on any atom is -0.422 e. The first-order chi connectivity index (χ1) is 12.2. The maximum absolute atomic E-state index is 12.4. The molecule has 0 aliphatic heterocycles. The number of Topliss-reactive ketones (excluding diaryl/α,β-unsaturated/α-hetero) is 1. The van der Waals surface area contributed by atoms with Crippen molar-refractivity contribution in [2.24, 2.45) is 0 Å². The average molecular weight is 354 g/mol. The van der Waals surface area contributed by atoms with Gasteiger partial charge in [0, 0.05) is 19.2 Å². The van der Waals surface area contributed by atoms with Crippen LogP contribution in [-0.2, 0) is 16.0 Å². The number of hydrogen-bond donors (Lipinski definition) is 0. The molecule has 5 heteroatoms. The van der Waals surface area contributed by atoms with Gasteiger partial charge in [0.1, 0.15) is 0 Å². The van der Waals surface area contributed by atoms with E-state index in [0.717, 1.165) is 16.5 Å². The highest BCUT2D eigenvalue weighted by Gasteiger charge is 2.26. The molecule has 2 aromatic rings. The molecule has 0 heterocycles. The summed E-state index contributed by atoms with van der Waals surface area (Å²) in [6, 6.07) is 7.28. The van der Waals surface area contributed by atoms with E-state index in [-0.39, 0.29) is 22.8 Å². The van der Waals surface area contributed by atoms with Crippen LogP contribution in [-0.4, -0.2) is 17.7 Å². The normalized spacial score (nSPS) is 10.3. The van der Waals surface area contributed by atoms with Crippen LogP contribution in [0.25, 0.3) is 10.8 Å². The molecule has 0 unspecified atom stereocenters. The molecule has 0 aliphatic rings. The lowest BCUT2D eigenvalue weighted by Crippen LogP contribution is -2.13.